The highest BCUT2D eigenvalue weighted by Crippen LogP contribution is 2.27. The second-order valence-corrected chi connectivity index (χ2v) is 8.34. The molecule has 154 valence electrons. The number of oxazole rings is 1. The zero-order chi connectivity index (χ0) is 20.5. The number of amides is 1. The van der Waals surface area contributed by atoms with Crippen LogP contribution in [0.2, 0.25) is 0 Å². The monoisotopic (exact) mass is 391 g/mol. The van der Waals surface area contributed by atoms with Gasteiger partial charge in [0.2, 0.25) is 0 Å². The molecule has 0 radical (unpaired) electrons. The quantitative estimate of drug-likeness (QED) is 0.802. The molecular formula is C20H29N3O5. The van der Waals surface area contributed by atoms with E-state index >= 15 is 0 Å². The normalized spacial score (nSPS) is 17.1. The average Bonchev–Trinajstić information content (AvgIpc) is 3.02. The van der Waals surface area contributed by atoms with Gasteiger partial charge in [0.05, 0.1) is 18.8 Å². The maximum Gasteiger partial charge on any atom is 0.408 e. The highest BCUT2D eigenvalue weighted by Gasteiger charge is 2.32. The number of hydrogen-bond acceptors (Lipinski definition) is 6. The molecule has 8 nitrogen and oxygen atoms in total. The number of ether oxygens (including phenoxy) is 1. The minimum absolute atomic E-state index is 0.0859. The van der Waals surface area contributed by atoms with Crippen LogP contribution in [0.15, 0.2) is 22.6 Å². The lowest BCUT2D eigenvalue weighted by molar-refractivity contribution is -0.0142. The van der Waals surface area contributed by atoms with Crippen LogP contribution >= 0.6 is 0 Å². The van der Waals surface area contributed by atoms with Crippen LogP contribution in [0.5, 0.6) is 5.75 Å². The summed E-state index contributed by atoms with van der Waals surface area (Å²) in [6, 6.07) is 5.22. The summed E-state index contributed by atoms with van der Waals surface area (Å²) in [7, 11) is 0. The summed E-state index contributed by atoms with van der Waals surface area (Å²) in [4.78, 5) is 19.6. The Morgan fingerprint density at radius 1 is 1.39 bits per heavy atom. The van der Waals surface area contributed by atoms with E-state index in [-0.39, 0.29) is 17.9 Å². The van der Waals surface area contributed by atoms with Crippen molar-refractivity contribution in [3.05, 3.63) is 18.2 Å². The molecule has 1 fully saturated rings. The van der Waals surface area contributed by atoms with E-state index in [2.05, 4.69) is 9.88 Å². The zero-order valence-electron chi connectivity index (χ0n) is 16.9. The molecule has 1 aliphatic heterocycles. The molecule has 1 aromatic heterocycles. The van der Waals surface area contributed by atoms with Crippen LogP contribution in [-0.2, 0) is 4.74 Å². The highest BCUT2D eigenvalue weighted by molar-refractivity contribution is 5.76. The van der Waals surface area contributed by atoms with Crippen LogP contribution < -0.4 is 4.90 Å². The second kappa shape index (κ2) is 7.87. The number of carbonyl (C=O) groups is 1. The van der Waals surface area contributed by atoms with E-state index in [4.69, 9.17) is 9.15 Å². The van der Waals surface area contributed by atoms with Gasteiger partial charge in [-0.25, -0.2) is 4.79 Å². The summed E-state index contributed by atoms with van der Waals surface area (Å²) in [5, 5.41) is 19.0. The van der Waals surface area contributed by atoms with Gasteiger partial charge in [0, 0.05) is 24.7 Å². The SMILES string of the molecule is C[C@@H](COC1CCN(c2nc3ccc(O)cc3o2)CC1)N(C(=O)O)C(C)(C)C. The maximum atomic E-state index is 11.6. The Bertz CT molecular complexity index is 821. The molecular weight excluding hydrogens is 362 g/mol. The van der Waals surface area contributed by atoms with Crippen molar-refractivity contribution in [1.29, 1.82) is 0 Å². The summed E-state index contributed by atoms with van der Waals surface area (Å²) in [5.74, 6) is 0.155. The lowest BCUT2D eigenvalue weighted by atomic mass is 10.0. The van der Waals surface area contributed by atoms with Gasteiger partial charge in [-0.1, -0.05) is 0 Å². The molecule has 1 aromatic carbocycles. The van der Waals surface area contributed by atoms with Crippen molar-refractivity contribution in [3.63, 3.8) is 0 Å². The van der Waals surface area contributed by atoms with Crippen molar-refractivity contribution in [2.24, 2.45) is 0 Å². The number of anilines is 1. The molecule has 0 unspecified atom stereocenters. The average molecular weight is 391 g/mol. The number of fused-ring (bicyclic) bond motifs is 1. The molecule has 0 spiro atoms. The molecule has 2 heterocycles. The van der Waals surface area contributed by atoms with E-state index in [9.17, 15) is 15.0 Å². The van der Waals surface area contributed by atoms with Gasteiger partial charge in [-0.3, -0.25) is 4.90 Å². The van der Waals surface area contributed by atoms with Gasteiger partial charge in [-0.15, -0.1) is 0 Å². The number of piperidine rings is 1. The summed E-state index contributed by atoms with van der Waals surface area (Å²) in [6.07, 6.45) is 0.793. The lowest BCUT2D eigenvalue weighted by Gasteiger charge is -2.39. The van der Waals surface area contributed by atoms with Crippen LogP contribution in [0.1, 0.15) is 40.5 Å². The first-order valence-electron chi connectivity index (χ1n) is 9.63. The number of hydrogen-bond donors (Lipinski definition) is 2. The van der Waals surface area contributed by atoms with Gasteiger partial charge in [0.15, 0.2) is 5.58 Å². The van der Waals surface area contributed by atoms with E-state index in [0.29, 0.717) is 18.2 Å². The Labute approximate surface area is 164 Å². The van der Waals surface area contributed by atoms with E-state index in [1.165, 1.54) is 4.90 Å². The summed E-state index contributed by atoms with van der Waals surface area (Å²) in [5.41, 5.74) is 0.813. The van der Waals surface area contributed by atoms with Gasteiger partial charge >= 0.3 is 6.09 Å². The molecule has 1 atom stereocenters. The molecule has 0 bridgehead atoms. The fourth-order valence-electron chi connectivity index (χ4n) is 3.74. The largest absolute Gasteiger partial charge is 0.508 e. The van der Waals surface area contributed by atoms with E-state index in [1.54, 1.807) is 18.2 Å². The van der Waals surface area contributed by atoms with Crippen molar-refractivity contribution in [1.82, 2.24) is 9.88 Å². The Morgan fingerprint density at radius 2 is 2.07 bits per heavy atom. The van der Waals surface area contributed by atoms with Crippen LogP contribution in [0.25, 0.3) is 11.1 Å². The number of carboxylic acid groups (broad SMARTS) is 1. The van der Waals surface area contributed by atoms with Crippen molar-refractivity contribution in [2.45, 2.75) is 58.2 Å². The van der Waals surface area contributed by atoms with Gasteiger partial charge in [-0.2, -0.15) is 4.98 Å². The van der Waals surface area contributed by atoms with Crippen LogP contribution in [0.4, 0.5) is 10.8 Å². The topological polar surface area (TPSA) is 99.3 Å². The van der Waals surface area contributed by atoms with Crippen molar-refractivity contribution >= 4 is 23.2 Å². The molecule has 1 aliphatic rings. The first-order chi connectivity index (χ1) is 13.1. The number of benzene rings is 1. The van der Waals surface area contributed by atoms with E-state index < -0.39 is 11.6 Å². The minimum atomic E-state index is -0.930. The standard InChI is InChI=1S/C20H29N3O5/c1-13(23(19(25)26)20(2,3)4)12-27-15-7-9-22(10-8-15)18-21-16-6-5-14(24)11-17(16)28-18/h5-6,11,13,15,24H,7-10,12H2,1-4H3,(H,25,26)/t13-/m0/s1. The second-order valence-electron chi connectivity index (χ2n) is 8.34. The molecule has 2 aromatic rings. The Balaban J connectivity index is 1.53. The molecule has 8 heteroatoms. The Morgan fingerprint density at radius 3 is 2.68 bits per heavy atom. The minimum Gasteiger partial charge on any atom is -0.508 e. The first-order valence-corrected chi connectivity index (χ1v) is 9.63. The highest BCUT2D eigenvalue weighted by atomic mass is 16.5. The molecule has 2 N–H and O–H groups in total. The fraction of sp³-hybridized carbons (Fsp3) is 0.600. The first kappa shape index (κ1) is 20.3. The predicted octanol–water partition coefficient (Wildman–Crippen LogP) is 3.69. The third-order valence-corrected chi connectivity index (χ3v) is 5.02. The smallest absolute Gasteiger partial charge is 0.408 e. The van der Waals surface area contributed by atoms with Gasteiger partial charge in [0.25, 0.3) is 6.01 Å². The number of nitrogens with zero attached hydrogens (tertiary/aromatic N) is 3. The number of phenols is 1. The Kier molecular flexibility index (Phi) is 5.69. The van der Waals surface area contributed by atoms with Crippen molar-refractivity contribution < 1.29 is 24.2 Å². The molecule has 0 aliphatic carbocycles. The molecule has 0 saturated carbocycles. The van der Waals surface area contributed by atoms with Gasteiger partial charge < -0.3 is 24.3 Å². The third-order valence-electron chi connectivity index (χ3n) is 5.02. The molecule has 28 heavy (non-hydrogen) atoms. The van der Waals surface area contributed by atoms with Crippen molar-refractivity contribution in [3.8, 4) is 5.75 Å². The number of phenolic OH excluding ortho intramolecular Hbond substituents is 1. The number of aromatic hydroxyl groups is 1. The van der Waals surface area contributed by atoms with E-state index in [1.807, 2.05) is 27.7 Å². The number of rotatable bonds is 5. The predicted molar refractivity (Wildman–Crippen MR) is 106 cm³/mol. The van der Waals surface area contributed by atoms with Gasteiger partial charge in [-0.05, 0) is 52.7 Å². The van der Waals surface area contributed by atoms with Gasteiger partial charge in [0.1, 0.15) is 11.3 Å². The summed E-state index contributed by atoms with van der Waals surface area (Å²) < 4.78 is 11.8. The molecule has 1 amide bonds. The van der Waals surface area contributed by atoms with Crippen molar-refractivity contribution in [2.75, 3.05) is 24.6 Å². The van der Waals surface area contributed by atoms with E-state index in [0.717, 1.165) is 31.4 Å². The number of aromatic nitrogens is 1. The lowest BCUT2D eigenvalue weighted by Crippen LogP contribution is -2.52. The summed E-state index contributed by atoms with van der Waals surface area (Å²) >= 11 is 0. The zero-order valence-corrected chi connectivity index (χ0v) is 16.9. The fourth-order valence-corrected chi connectivity index (χ4v) is 3.74. The van der Waals surface area contributed by atoms with Crippen LogP contribution in [-0.4, -0.2) is 63.6 Å². The summed E-state index contributed by atoms with van der Waals surface area (Å²) in [6.45, 7) is 9.40. The molecule has 1 saturated heterocycles. The molecule has 3 rings (SSSR count). The maximum absolute atomic E-state index is 11.6. The Hall–Kier alpha value is -2.48. The third kappa shape index (κ3) is 4.49. The van der Waals surface area contributed by atoms with Crippen LogP contribution in [0.3, 0.4) is 0 Å². The van der Waals surface area contributed by atoms with Crippen LogP contribution in [0, 0.1) is 0 Å².